The summed E-state index contributed by atoms with van der Waals surface area (Å²) >= 11 is 0. The van der Waals surface area contributed by atoms with E-state index in [0.717, 1.165) is 22.3 Å². The normalized spacial score (nSPS) is 11.8. The molecule has 156 valence electrons. The maximum Gasteiger partial charge on any atom is 0.419 e. The van der Waals surface area contributed by atoms with Crippen molar-refractivity contribution in [2.45, 2.75) is 33.3 Å². The number of carbonyl (C=O) groups is 1. The zero-order valence-electron chi connectivity index (χ0n) is 18.1. The van der Waals surface area contributed by atoms with E-state index < -0.39 is 6.09 Å². The van der Waals surface area contributed by atoms with E-state index in [1.54, 1.807) is 12.4 Å². The van der Waals surface area contributed by atoms with Crippen molar-refractivity contribution in [1.82, 2.24) is 9.55 Å². The Balaban J connectivity index is 1.55. The second-order valence-corrected chi connectivity index (χ2v) is 7.74. The monoisotopic (exact) mass is 410 g/mol. The van der Waals surface area contributed by atoms with Gasteiger partial charge in [0.2, 0.25) is 0 Å². The molecule has 0 fully saturated rings. The Morgan fingerprint density at radius 3 is 2.52 bits per heavy atom. The van der Waals surface area contributed by atoms with Gasteiger partial charge in [-0.3, -0.25) is 0 Å². The van der Waals surface area contributed by atoms with Gasteiger partial charge in [0.25, 0.3) is 0 Å². The van der Waals surface area contributed by atoms with Crippen LogP contribution in [0.15, 0.2) is 85.2 Å². The highest BCUT2D eigenvalue weighted by Gasteiger charge is 2.21. The van der Waals surface area contributed by atoms with Crippen molar-refractivity contribution < 1.29 is 9.53 Å². The number of hydrogen-bond donors (Lipinski definition) is 0. The van der Waals surface area contributed by atoms with Crippen LogP contribution >= 0.6 is 0 Å². The van der Waals surface area contributed by atoms with Gasteiger partial charge in [0.15, 0.2) is 0 Å². The quantitative estimate of drug-likeness (QED) is 0.377. The van der Waals surface area contributed by atoms with Gasteiger partial charge in [-0.15, -0.1) is 0 Å². The predicted molar refractivity (Wildman–Crippen MR) is 123 cm³/mol. The zero-order valence-corrected chi connectivity index (χ0v) is 18.1. The Kier molecular flexibility index (Phi) is 5.99. The van der Waals surface area contributed by atoms with Crippen molar-refractivity contribution in [3.8, 4) is 11.1 Å². The van der Waals surface area contributed by atoms with Gasteiger partial charge in [-0.2, -0.15) is 0 Å². The highest BCUT2D eigenvalue weighted by Crippen LogP contribution is 2.28. The minimum Gasteiger partial charge on any atom is -0.444 e. The average Bonchev–Trinajstić information content (AvgIpc) is 3.30. The molecule has 0 radical (unpaired) electrons. The van der Waals surface area contributed by atoms with Crippen LogP contribution in [0.3, 0.4) is 0 Å². The van der Waals surface area contributed by atoms with E-state index >= 15 is 0 Å². The van der Waals surface area contributed by atoms with Crippen LogP contribution in [0.4, 0.5) is 4.79 Å². The molecule has 4 aromatic rings. The van der Waals surface area contributed by atoms with E-state index in [1.807, 2.05) is 48.5 Å². The van der Waals surface area contributed by atoms with Crippen LogP contribution in [0.2, 0.25) is 0 Å². The molecule has 0 spiro atoms. The fraction of sp³-hybridized carbons (Fsp3) is 0.185. The van der Waals surface area contributed by atoms with Gasteiger partial charge < -0.3 is 4.74 Å². The van der Waals surface area contributed by atoms with E-state index in [-0.39, 0.29) is 12.5 Å². The first-order valence-electron chi connectivity index (χ1n) is 10.5. The van der Waals surface area contributed by atoms with Crippen LogP contribution in [0.25, 0.3) is 11.1 Å². The lowest BCUT2D eigenvalue weighted by Crippen LogP contribution is -2.18. The summed E-state index contributed by atoms with van der Waals surface area (Å²) in [5, 5.41) is 0. The molecule has 0 amide bonds. The second kappa shape index (κ2) is 9.00. The third kappa shape index (κ3) is 4.29. The fourth-order valence-electron chi connectivity index (χ4n) is 3.93. The van der Waals surface area contributed by atoms with Gasteiger partial charge in [-0.25, -0.2) is 14.3 Å². The van der Waals surface area contributed by atoms with Gasteiger partial charge >= 0.3 is 6.09 Å². The summed E-state index contributed by atoms with van der Waals surface area (Å²) in [6.45, 7) is 6.46. The topological polar surface area (TPSA) is 44.1 Å². The third-order valence-corrected chi connectivity index (χ3v) is 5.82. The molecule has 0 N–H and O–H groups in total. The molecular weight excluding hydrogens is 384 g/mol. The lowest BCUT2D eigenvalue weighted by molar-refractivity contribution is 0.140. The molecule has 4 heteroatoms. The first-order valence-corrected chi connectivity index (χ1v) is 10.5. The molecule has 1 aromatic heterocycles. The van der Waals surface area contributed by atoms with Crippen LogP contribution < -0.4 is 0 Å². The Bertz CT molecular complexity index is 1190. The first-order chi connectivity index (χ1) is 15.1. The smallest absolute Gasteiger partial charge is 0.419 e. The Labute approximate surface area is 183 Å². The van der Waals surface area contributed by atoms with Crippen molar-refractivity contribution in [3.05, 3.63) is 113 Å². The van der Waals surface area contributed by atoms with Gasteiger partial charge in [0.05, 0.1) is 0 Å². The Hall–Kier alpha value is -3.66. The maximum absolute atomic E-state index is 12.9. The minimum atomic E-state index is -0.424. The largest absolute Gasteiger partial charge is 0.444 e. The van der Waals surface area contributed by atoms with Gasteiger partial charge in [0.1, 0.15) is 12.4 Å². The van der Waals surface area contributed by atoms with E-state index in [2.05, 4.69) is 50.0 Å². The molecule has 0 saturated carbocycles. The molecule has 0 saturated heterocycles. The van der Waals surface area contributed by atoms with Crippen LogP contribution in [0.1, 0.15) is 40.9 Å². The first kappa shape index (κ1) is 20.6. The fourth-order valence-corrected chi connectivity index (χ4v) is 3.93. The summed E-state index contributed by atoms with van der Waals surface area (Å²) in [6.07, 6.45) is 2.89. The molecular formula is C27H26N2O2. The number of rotatable bonds is 5. The SMILES string of the molecule is Cc1cccc([C@H](C)c2nccn2C(=O)OCc2ccccc2-c2ccccc2)c1C. The molecule has 1 heterocycles. The van der Waals surface area contributed by atoms with Gasteiger partial charge in [0, 0.05) is 18.3 Å². The summed E-state index contributed by atoms with van der Waals surface area (Å²) < 4.78 is 7.21. The summed E-state index contributed by atoms with van der Waals surface area (Å²) in [5.41, 5.74) is 6.73. The summed E-state index contributed by atoms with van der Waals surface area (Å²) in [7, 11) is 0. The number of aryl methyl sites for hydroxylation is 1. The second-order valence-electron chi connectivity index (χ2n) is 7.74. The van der Waals surface area contributed by atoms with Crippen molar-refractivity contribution in [3.63, 3.8) is 0 Å². The van der Waals surface area contributed by atoms with Crippen molar-refractivity contribution in [2.24, 2.45) is 0 Å². The molecule has 0 unspecified atom stereocenters. The number of nitrogens with zero attached hydrogens (tertiary/aromatic N) is 2. The number of imidazole rings is 1. The summed E-state index contributed by atoms with van der Waals surface area (Å²) in [4.78, 5) is 17.4. The molecule has 1 atom stereocenters. The highest BCUT2D eigenvalue weighted by atomic mass is 16.5. The van der Waals surface area contributed by atoms with E-state index in [0.29, 0.717) is 5.82 Å². The van der Waals surface area contributed by atoms with Crippen molar-refractivity contribution >= 4 is 6.09 Å². The minimum absolute atomic E-state index is 0.0287. The standard InChI is InChI=1S/C27H26N2O2/c1-19-10-9-15-24(20(19)2)21(3)26-28-16-17-29(26)27(30)31-18-23-13-7-8-14-25(23)22-11-5-4-6-12-22/h4-17,21H,18H2,1-3H3/t21-/m0/s1. The summed E-state index contributed by atoms with van der Waals surface area (Å²) in [5.74, 6) is 0.647. The third-order valence-electron chi connectivity index (χ3n) is 5.82. The molecule has 31 heavy (non-hydrogen) atoms. The van der Waals surface area contributed by atoms with Crippen LogP contribution in [-0.2, 0) is 11.3 Å². The van der Waals surface area contributed by atoms with Crippen molar-refractivity contribution in [2.75, 3.05) is 0 Å². The molecule has 4 nitrogen and oxygen atoms in total. The maximum atomic E-state index is 12.9. The molecule has 4 rings (SSSR count). The number of ether oxygens (including phenoxy) is 1. The molecule has 0 aliphatic heterocycles. The zero-order chi connectivity index (χ0) is 21.8. The van der Waals surface area contributed by atoms with E-state index in [1.165, 1.54) is 15.7 Å². The van der Waals surface area contributed by atoms with Gasteiger partial charge in [-0.05, 0) is 47.2 Å². The summed E-state index contributed by atoms with van der Waals surface area (Å²) in [6, 6.07) is 24.3. The number of hydrogen-bond acceptors (Lipinski definition) is 3. The highest BCUT2D eigenvalue weighted by molar-refractivity contribution is 5.72. The van der Waals surface area contributed by atoms with E-state index in [9.17, 15) is 4.79 Å². The predicted octanol–water partition coefficient (Wildman–Crippen LogP) is 6.50. The van der Waals surface area contributed by atoms with Crippen LogP contribution in [0, 0.1) is 13.8 Å². The Morgan fingerprint density at radius 1 is 0.968 bits per heavy atom. The van der Waals surface area contributed by atoms with Gasteiger partial charge in [-0.1, -0.05) is 79.7 Å². The number of carbonyl (C=O) groups excluding carboxylic acids is 1. The van der Waals surface area contributed by atoms with Crippen LogP contribution in [-0.4, -0.2) is 15.6 Å². The average molecular weight is 411 g/mol. The molecule has 3 aromatic carbocycles. The Morgan fingerprint density at radius 2 is 1.71 bits per heavy atom. The number of benzene rings is 3. The van der Waals surface area contributed by atoms with Crippen LogP contribution in [0.5, 0.6) is 0 Å². The molecule has 0 bridgehead atoms. The molecule has 0 aliphatic rings. The number of aromatic nitrogens is 2. The lowest BCUT2D eigenvalue weighted by atomic mass is 9.93. The van der Waals surface area contributed by atoms with E-state index in [4.69, 9.17) is 4.74 Å². The molecule has 0 aliphatic carbocycles. The van der Waals surface area contributed by atoms with Crippen molar-refractivity contribution in [1.29, 1.82) is 0 Å². The lowest BCUT2D eigenvalue weighted by Gasteiger charge is -2.17.